The summed E-state index contributed by atoms with van der Waals surface area (Å²) >= 11 is 5.87. The summed E-state index contributed by atoms with van der Waals surface area (Å²) in [6.07, 6.45) is -0.183. The molecule has 0 radical (unpaired) electrons. The van der Waals surface area contributed by atoms with E-state index in [1.807, 2.05) is 6.92 Å². The van der Waals surface area contributed by atoms with E-state index < -0.39 is 11.0 Å². The smallest absolute Gasteiger partial charge is 0.311 e. The maximum Gasteiger partial charge on any atom is 0.311 e. The molecule has 0 saturated heterocycles. The van der Waals surface area contributed by atoms with E-state index in [1.165, 1.54) is 18.2 Å². The third-order valence-corrected chi connectivity index (χ3v) is 3.24. The summed E-state index contributed by atoms with van der Waals surface area (Å²) in [5.74, 6) is 0.417. The summed E-state index contributed by atoms with van der Waals surface area (Å²) in [5, 5.41) is 21.3. The zero-order chi connectivity index (χ0) is 15.4. The van der Waals surface area contributed by atoms with Crippen LogP contribution in [0.1, 0.15) is 25.0 Å². The van der Waals surface area contributed by atoms with Crippen molar-refractivity contribution in [3.63, 3.8) is 0 Å². The maximum atomic E-state index is 11.0. The predicted octanol–water partition coefficient (Wildman–Crippen LogP) is 4.48. The fourth-order valence-electron chi connectivity index (χ4n) is 1.91. The molecule has 0 aliphatic heterocycles. The second-order valence-corrected chi connectivity index (χ2v) is 4.87. The first-order valence-corrected chi connectivity index (χ1v) is 6.79. The van der Waals surface area contributed by atoms with Crippen molar-refractivity contribution < 1.29 is 14.8 Å². The molecule has 1 N–H and O–H groups in total. The van der Waals surface area contributed by atoms with E-state index in [4.69, 9.17) is 16.3 Å². The molecule has 0 spiro atoms. The molecule has 0 aliphatic rings. The Morgan fingerprint density at radius 1 is 1.29 bits per heavy atom. The minimum Gasteiger partial charge on any atom is -0.450 e. The Kier molecular flexibility index (Phi) is 4.77. The van der Waals surface area contributed by atoms with Gasteiger partial charge >= 0.3 is 5.69 Å². The summed E-state index contributed by atoms with van der Waals surface area (Å²) in [6, 6.07) is 11.0. The van der Waals surface area contributed by atoms with E-state index in [9.17, 15) is 15.2 Å². The Morgan fingerprint density at radius 2 is 2.00 bits per heavy atom. The van der Waals surface area contributed by atoms with Gasteiger partial charge in [0.05, 0.1) is 11.0 Å². The highest BCUT2D eigenvalue weighted by Gasteiger charge is 2.19. The van der Waals surface area contributed by atoms with Crippen LogP contribution in [-0.2, 0) is 0 Å². The molecule has 110 valence electrons. The Balaban J connectivity index is 2.43. The number of halogens is 1. The second-order valence-electron chi connectivity index (χ2n) is 4.43. The first kappa shape index (κ1) is 15.3. The van der Waals surface area contributed by atoms with Crippen LogP contribution >= 0.6 is 11.6 Å². The third-order valence-electron chi connectivity index (χ3n) is 3.00. The number of rotatable bonds is 5. The topological polar surface area (TPSA) is 72.6 Å². The molecule has 0 heterocycles. The van der Waals surface area contributed by atoms with Crippen LogP contribution in [0.25, 0.3) is 0 Å². The number of aliphatic hydroxyl groups excluding tert-OH is 1. The molecule has 0 fully saturated rings. The minimum absolute atomic E-state index is 0.0447. The molecular weight excluding hydrogens is 294 g/mol. The molecule has 0 bridgehead atoms. The monoisotopic (exact) mass is 307 g/mol. The van der Waals surface area contributed by atoms with Gasteiger partial charge < -0.3 is 9.84 Å². The summed E-state index contributed by atoms with van der Waals surface area (Å²) in [6.45, 7) is 1.84. The molecule has 0 unspecified atom stereocenters. The first-order valence-electron chi connectivity index (χ1n) is 6.41. The van der Waals surface area contributed by atoms with E-state index in [0.717, 1.165) is 0 Å². The number of benzene rings is 2. The standard InChI is InChI=1S/C15H14ClNO4/c1-2-13(18)11-5-3-4-6-14(11)21-15-9-10(16)7-8-12(15)17(19)20/h3-9,13,18H,2H2,1H3/t13-/m0/s1. The summed E-state index contributed by atoms with van der Waals surface area (Å²) < 4.78 is 5.62. The van der Waals surface area contributed by atoms with Gasteiger partial charge in [0.2, 0.25) is 5.75 Å². The lowest BCUT2D eigenvalue weighted by Crippen LogP contribution is -2.00. The van der Waals surface area contributed by atoms with E-state index in [1.54, 1.807) is 24.3 Å². The van der Waals surface area contributed by atoms with Crippen LogP contribution in [0.2, 0.25) is 5.02 Å². The second kappa shape index (κ2) is 6.56. The molecule has 0 amide bonds. The lowest BCUT2D eigenvalue weighted by atomic mass is 10.1. The van der Waals surface area contributed by atoms with Gasteiger partial charge in [-0.1, -0.05) is 36.7 Å². The zero-order valence-corrected chi connectivity index (χ0v) is 12.1. The lowest BCUT2D eigenvalue weighted by Gasteiger charge is -2.14. The van der Waals surface area contributed by atoms with Gasteiger partial charge in [-0.05, 0) is 18.6 Å². The predicted molar refractivity (Wildman–Crippen MR) is 79.9 cm³/mol. The number of aliphatic hydroxyl groups is 1. The molecule has 2 aromatic rings. The van der Waals surface area contributed by atoms with Gasteiger partial charge in [0.1, 0.15) is 5.75 Å². The number of hydrogen-bond acceptors (Lipinski definition) is 4. The highest BCUT2D eigenvalue weighted by atomic mass is 35.5. The third kappa shape index (κ3) is 3.51. The number of nitrogens with zero attached hydrogens (tertiary/aromatic N) is 1. The number of hydrogen-bond donors (Lipinski definition) is 1. The normalized spacial score (nSPS) is 12.0. The average molecular weight is 308 g/mol. The molecule has 0 aliphatic carbocycles. The van der Waals surface area contributed by atoms with Crippen molar-refractivity contribution in [1.82, 2.24) is 0 Å². The number of para-hydroxylation sites is 1. The molecule has 2 rings (SSSR count). The number of nitro benzene ring substituents is 1. The van der Waals surface area contributed by atoms with Gasteiger partial charge in [-0.15, -0.1) is 0 Å². The average Bonchev–Trinajstić information content (AvgIpc) is 2.47. The highest BCUT2D eigenvalue weighted by Crippen LogP contribution is 2.36. The van der Waals surface area contributed by atoms with E-state index in [-0.39, 0.29) is 11.4 Å². The Hall–Kier alpha value is -2.11. The molecule has 6 heteroatoms. The SMILES string of the molecule is CC[C@H](O)c1ccccc1Oc1cc(Cl)ccc1[N+](=O)[O-]. The Labute approximate surface area is 126 Å². The van der Waals surface area contributed by atoms with E-state index in [0.29, 0.717) is 22.8 Å². The Bertz CT molecular complexity index is 660. The van der Waals surface area contributed by atoms with Crippen molar-refractivity contribution >= 4 is 17.3 Å². The molecule has 21 heavy (non-hydrogen) atoms. The largest absolute Gasteiger partial charge is 0.450 e. The number of ether oxygens (including phenoxy) is 1. The minimum atomic E-state index is -0.695. The number of nitro groups is 1. The summed E-state index contributed by atoms with van der Waals surface area (Å²) in [4.78, 5) is 10.5. The molecule has 2 aromatic carbocycles. The van der Waals surface area contributed by atoms with Crippen LogP contribution in [0.5, 0.6) is 11.5 Å². The van der Waals surface area contributed by atoms with Gasteiger partial charge in [0, 0.05) is 22.7 Å². The molecule has 5 nitrogen and oxygen atoms in total. The van der Waals surface area contributed by atoms with Crippen LogP contribution in [0.4, 0.5) is 5.69 Å². The molecular formula is C15H14ClNO4. The van der Waals surface area contributed by atoms with Gasteiger partial charge in [0.25, 0.3) is 0 Å². The van der Waals surface area contributed by atoms with Crippen molar-refractivity contribution in [3.8, 4) is 11.5 Å². The van der Waals surface area contributed by atoms with E-state index >= 15 is 0 Å². The summed E-state index contributed by atoms with van der Waals surface area (Å²) in [7, 11) is 0. The van der Waals surface area contributed by atoms with Crippen LogP contribution in [0, 0.1) is 10.1 Å². The van der Waals surface area contributed by atoms with Crippen molar-refractivity contribution in [1.29, 1.82) is 0 Å². The van der Waals surface area contributed by atoms with Crippen LogP contribution < -0.4 is 4.74 Å². The van der Waals surface area contributed by atoms with Crippen molar-refractivity contribution in [2.24, 2.45) is 0 Å². The fraction of sp³-hybridized carbons (Fsp3) is 0.200. The molecule has 0 saturated carbocycles. The Morgan fingerprint density at radius 3 is 2.67 bits per heavy atom. The quantitative estimate of drug-likeness (QED) is 0.652. The van der Waals surface area contributed by atoms with Crippen LogP contribution in [0.15, 0.2) is 42.5 Å². The maximum absolute atomic E-state index is 11.0. The lowest BCUT2D eigenvalue weighted by molar-refractivity contribution is -0.385. The van der Waals surface area contributed by atoms with Crippen LogP contribution in [-0.4, -0.2) is 10.0 Å². The molecule has 1 atom stereocenters. The highest BCUT2D eigenvalue weighted by molar-refractivity contribution is 6.30. The van der Waals surface area contributed by atoms with Gasteiger partial charge in [0.15, 0.2) is 0 Å². The van der Waals surface area contributed by atoms with Crippen molar-refractivity contribution in [2.75, 3.05) is 0 Å². The van der Waals surface area contributed by atoms with Gasteiger partial charge in [-0.3, -0.25) is 10.1 Å². The first-order chi connectivity index (χ1) is 10.0. The van der Waals surface area contributed by atoms with E-state index in [2.05, 4.69) is 0 Å². The van der Waals surface area contributed by atoms with Gasteiger partial charge in [-0.2, -0.15) is 0 Å². The molecule has 0 aromatic heterocycles. The zero-order valence-electron chi connectivity index (χ0n) is 11.3. The van der Waals surface area contributed by atoms with Crippen molar-refractivity contribution in [3.05, 3.63) is 63.2 Å². The van der Waals surface area contributed by atoms with Gasteiger partial charge in [-0.25, -0.2) is 0 Å². The van der Waals surface area contributed by atoms with Crippen molar-refractivity contribution in [2.45, 2.75) is 19.4 Å². The van der Waals surface area contributed by atoms with Crippen LogP contribution in [0.3, 0.4) is 0 Å². The summed E-state index contributed by atoms with van der Waals surface area (Å²) in [5.41, 5.74) is 0.398. The fourth-order valence-corrected chi connectivity index (χ4v) is 2.07.